The molecule has 94 valence electrons. The van der Waals surface area contributed by atoms with E-state index in [9.17, 15) is 9.59 Å². The predicted molar refractivity (Wildman–Crippen MR) is 57.2 cm³/mol. The molecule has 6 nitrogen and oxygen atoms in total. The molecule has 0 saturated heterocycles. The van der Waals surface area contributed by atoms with Crippen molar-refractivity contribution in [1.29, 1.82) is 0 Å². The molecule has 0 fully saturated rings. The average Bonchev–Trinajstić information content (AvgIpc) is 2.25. The Morgan fingerprint density at radius 2 is 1.88 bits per heavy atom. The summed E-state index contributed by atoms with van der Waals surface area (Å²) in [6, 6.07) is 0. The maximum atomic E-state index is 10.9. The number of unbranched alkanes of at least 4 members (excludes halogenated alkanes) is 1. The molecule has 1 amide bonds. The summed E-state index contributed by atoms with van der Waals surface area (Å²) in [6.07, 6.45) is 2.09. The van der Waals surface area contributed by atoms with Crippen LogP contribution in [0.2, 0.25) is 0 Å². The van der Waals surface area contributed by atoms with Crippen LogP contribution >= 0.6 is 0 Å². The van der Waals surface area contributed by atoms with Crippen LogP contribution in [0, 0.1) is 0 Å². The number of hydrogen-bond acceptors (Lipinski definition) is 4. The molecule has 0 heterocycles. The van der Waals surface area contributed by atoms with Crippen molar-refractivity contribution in [2.75, 3.05) is 33.0 Å². The zero-order valence-electron chi connectivity index (χ0n) is 9.53. The first-order chi connectivity index (χ1) is 7.66. The molecule has 0 radical (unpaired) electrons. The molecule has 0 aliphatic heterocycles. The molecular weight excluding hydrogens is 214 g/mol. The standard InChI is InChI=1S/C10H19NO5/c1-2-3-4-15-5-6-16-8-9(12)11-7-10(13)14/h2-8H2,1H3,(H,11,12)(H,13,14). The van der Waals surface area contributed by atoms with E-state index in [1.165, 1.54) is 0 Å². The summed E-state index contributed by atoms with van der Waals surface area (Å²) in [6.45, 7) is 3.05. The molecule has 0 aliphatic carbocycles. The van der Waals surface area contributed by atoms with Gasteiger partial charge in [0.25, 0.3) is 0 Å². The van der Waals surface area contributed by atoms with Gasteiger partial charge in [0.05, 0.1) is 13.2 Å². The summed E-state index contributed by atoms with van der Waals surface area (Å²) in [4.78, 5) is 21.0. The lowest BCUT2D eigenvalue weighted by molar-refractivity contribution is -0.138. The minimum absolute atomic E-state index is 0.135. The number of amides is 1. The average molecular weight is 233 g/mol. The summed E-state index contributed by atoms with van der Waals surface area (Å²) in [5, 5.41) is 10.5. The van der Waals surface area contributed by atoms with Gasteiger partial charge in [-0.25, -0.2) is 0 Å². The van der Waals surface area contributed by atoms with Crippen molar-refractivity contribution in [3.63, 3.8) is 0 Å². The van der Waals surface area contributed by atoms with Gasteiger partial charge < -0.3 is 19.9 Å². The molecule has 0 aromatic heterocycles. The minimum atomic E-state index is -1.07. The molecule has 2 N–H and O–H groups in total. The van der Waals surface area contributed by atoms with Gasteiger partial charge >= 0.3 is 5.97 Å². The van der Waals surface area contributed by atoms with Crippen molar-refractivity contribution >= 4 is 11.9 Å². The lowest BCUT2D eigenvalue weighted by Crippen LogP contribution is -2.32. The summed E-state index contributed by atoms with van der Waals surface area (Å²) in [5.41, 5.74) is 0. The first kappa shape index (κ1) is 14.9. The van der Waals surface area contributed by atoms with Crippen LogP contribution in [0.25, 0.3) is 0 Å². The molecule has 0 rings (SSSR count). The fraction of sp³-hybridized carbons (Fsp3) is 0.800. The molecule has 6 heteroatoms. The monoisotopic (exact) mass is 233 g/mol. The van der Waals surface area contributed by atoms with E-state index in [0.29, 0.717) is 19.8 Å². The molecule has 0 aromatic rings. The summed E-state index contributed by atoms with van der Waals surface area (Å²) in [7, 11) is 0. The molecule has 0 spiro atoms. The van der Waals surface area contributed by atoms with Gasteiger partial charge in [-0.1, -0.05) is 13.3 Å². The van der Waals surface area contributed by atoms with E-state index < -0.39 is 11.9 Å². The maximum absolute atomic E-state index is 10.9. The third-order valence-electron chi connectivity index (χ3n) is 1.68. The molecule has 16 heavy (non-hydrogen) atoms. The van der Waals surface area contributed by atoms with Gasteiger partial charge in [-0.2, -0.15) is 0 Å². The highest BCUT2D eigenvalue weighted by Gasteiger charge is 2.03. The second kappa shape index (κ2) is 10.4. The Bertz CT molecular complexity index is 207. The third-order valence-corrected chi connectivity index (χ3v) is 1.68. The van der Waals surface area contributed by atoms with Gasteiger partial charge in [0.1, 0.15) is 13.2 Å². The van der Waals surface area contributed by atoms with Crippen molar-refractivity contribution in [1.82, 2.24) is 5.32 Å². The van der Waals surface area contributed by atoms with Crippen molar-refractivity contribution in [3.8, 4) is 0 Å². The largest absolute Gasteiger partial charge is 0.480 e. The van der Waals surface area contributed by atoms with Gasteiger partial charge in [-0.05, 0) is 6.42 Å². The van der Waals surface area contributed by atoms with Crippen LogP contribution in [0.4, 0.5) is 0 Å². The highest BCUT2D eigenvalue weighted by atomic mass is 16.5. The van der Waals surface area contributed by atoms with Gasteiger partial charge in [-0.3, -0.25) is 9.59 Å². The Balaban J connectivity index is 3.18. The molecule has 0 aromatic carbocycles. The summed E-state index contributed by atoms with van der Waals surface area (Å²) >= 11 is 0. The molecular formula is C10H19NO5. The Morgan fingerprint density at radius 3 is 2.50 bits per heavy atom. The number of carboxylic acids is 1. The van der Waals surface area contributed by atoms with Gasteiger partial charge in [0.2, 0.25) is 5.91 Å². The Hall–Kier alpha value is -1.14. The van der Waals surface area contributed by atoms with Gasteiger partial charge in [0, 0.05) is 6.61 Å². The fourth-order valence-corrected chi connectivity index (χ4v) is 0.856. The number of ether oxygens (including phenoxy) is 2. The highest BCUT2D eigenvalue weighted by Crippen LogP contribution is 1.87. The second-order valence-corrected chi connectivity index (χ2v) is 3.19. The zero-order valence-corrected chi connectivity index (χ0v) is 9.53. The number of carboxylic acid groups (broad SMARTS) is 1. The smallest absolute Gasteiger partial charge is 0.322 e. The zero-order chi connectivity index (χ0) is 12.2. The molecule has 0 saturated carbocycles. The number of carbonyl (C=O) groups excluding carboxylic acids is 1. The third kappa shape index (κ3) is 10.9. The highest BCUT2D eigenvalue weighted by molar-refractivity contribution is 5.81. The first-order valence-electron chi connectivity index (χ1n) is 5.30. The van der Waals surface area contributed by atoms with Crippen molar-refractivity contribution in [3.05, 3.63) is 0 Å². The number of carbonyl (C=O) groups is 2. The van der Waals surface area contributed by atoms with Crippen molar-refractivity contribution in [2.45, 2.75) is 19.8 Å². The van der Waals surface area contributed by atoms with Crippen LogP contribution in [0.3, 0.4) is 0 Å². The molecule has 0 aliphatic rings. The number of aliphatic carboxylic acids is 1. The lowest BCUT2D eigenvalue weighted by Gasteiger charge is -2.05. The van der Waals surface area contributed by atoms with E-state index in [1.807, 2.05) is 0 Å². The number of hydrogen-bond donors (Lipinski definition) is 2. The van der Waals surface area contributed by atoms with E-state index in [0.717, 1.165) is 12.8 Å². The minimum Gasteiger partial charge on any atom is -0.480 e. The Kier molecular flexibility index (Phi) is 9.64. The van der Waals surface area contributed by atoms with E-state index >= 15 is 0 Å². The SMILES string of the molecule is CCCCOCCOCC(=O)NCC(=O)O. The van der Waals surface area contributed by atoms with Gasteiger partial charge in [0.15, 0.2) is 0 Å². The summed E-state index contributed by atoms with van der Waals surface area (Å²) < 4.78 is 10.2. The Morgan fingerprint density at radius 1 is 1.19 bits per heavy atom. The van der Waals surface area contributed by atoms with Crippen molar-refractivity contribution < 1.29 is 24.2 Å². The molecule has 0 atom stereocenters. The van der Waals surface area contributed by atoms with Gasteiger partial charge in [-0.15, -0.1) is 0 Å². The van der Waals surface area contributed by atoms with E-state index in [-0.39, 0.29) is 13.2 Å². The van der Waals surface area contributed by atoms with Crippen LogP contribution in [-0.4, -0.2) is 50.0 Å². The first-order valence-corrected chi connectivity index (χ1v) is 5.30. The molecule has 0 bridgehead atoms. The van der Waals surface area contributed by atoms with Crippen LogP contribution in [0.5, 0.6) is 0 Å². The molecule has 0 unspecified atom stereocenters. The van der Waals surface area contributed by atoms with E-state index in [4.69, 9.17) is 14.6 Å². The predicted octanol–water partition coefficient (Wildman–Crippen LogP) is 0.0205. The van der Waals surface area contributed by atoms with Crippen LogP contribution in [0.1, 0.15) is 19.8 Å². The quantitative estimate of drug-likeness (QED) is 0.520. The Labute approximate surface area is 94.9 Å². The maximum Gasteiger partial charge on any atom is 0.322 e. The van der Waals surface area contributed by atoms with E-state index in [1.54, 1.807) is 0 Å². The fourth-order valence-electron chi connectivity index (χ4n) is 0.856. The summed E-state index contributed by atoms with van der Waals surface area (Å²) in [5.74, 6) is -1.51. The number of rotatable bonds is 10. The van der Waals surface area contributed by atoms with E-state index in [2.05, 4.69) is 12.2 Å². The van der Waals surface area contributed by atoms with Crippen LogP contribution < -0.4 is 5.32 Å². The normalized spacial score (nSPS) is 10.1. The topological polar surface area (TPSA) is 84.9 Å². The second-order valence-electron chi connectivity index (χ2n) is 3.19. The van der Waals surface area contributed by atoms with Crippen LogP contribution in [0.15, 0.2) is 0 Å². The van der Waals surface area contributed by atoms with Crippen molar-refractivity contribution in [2.24, 2.45) is 0 Å². The number of nitrogens with one attached hydrogen (secondary N) is 1. The van der Waals surface area contributed by atoms with Crippen LogP contribution in [-0.2, 0) is 19.1 Å². The lowest BCUT2D eigenvalue weighted by atomic mass is 10.4.